The van der Waals surface area contributed by atoms with Gasteiger partial charge in [0.1, 0.15) is 23.9 Å². The van der Waals surface area contributed by atoms with Gasteiger partial charge in [-0.1, -0.05) is 42.5 Å². The summed E-state index contributed by atoms with van der Waals surface area (Å²) in [7, 11) is 0. The number of nitrogens with two attached hydrogens (primary N) is 1. The van der Waals surface area contributed by atoms with Crippen LogP contribution in [0.3, 0.4) is 0 Å². The van der Waals surface area contributed by atoms with E-state index in [1.165, 1.54) is 30.2 Å². The predicted octanol–water partition coefficient (Wildman–Crippen LogP) is 0.763. The van der Waals surface area contributed by atoms with Gasteiger partial charge in [-0.15, -0.1) is 0 Å². The standard InChI is InChI=1S/C29H36N6O6S/c1-42-12-11-23(33-26(37)22(30)15-20-16-31-17-32-20)27(38)34-24(13-18-5-3-2-4-6-18)28(39)35-25(29(40)41)14-19-7-9-21(36)10-8-19/h2-10,16-17,22-25,36H,11-15,30H2,1H3,(H,31,32)(H,33,37)(H,34,38)(H,35,39)(H,40,41). The van der Waals surface area contributed by atoms with E-state index in [0.717, 1.165) is 5.56 Å². The topological polar surface area (TPSA) is 200 Å². The van der Waals surface area contributed by atoms with Crippen molar-refractivity contribution in [2.45, 2.75) is 49.9 Å². The van der Waals surface area contributed by atoms with E-state index in [0.29, 0.717) is 17.0 Å². The van der Waals surface area contributed by atoms with E-state index in [2.05, 4.69) is 25.9 Å². The maximum absolute atomic E-state index is 13.5. The molecule has 1 aromatic heterocycles. The van der Waals surface area contributed by atoms with Crippen LogP contribution in [0.2, 0.25) is 0 Å². The van der Waals surface area contributed by atoms with Crippen LogP contribution in [-0.4, -0.2) is 80.0 Å². The number of carboxylic acid groups (broad SMARTS) is 1. The highest BCUT2D eigenvalue weighted by Crippen LogP contribution is 2.12. The number of aromatic nitrogens is 2. The lowest BCUT2D eigenvalue weighted by Gasteiger charge is -2.25. The zero-order valence-electron chi connectivity index (χ0n) is 23.2. The Kier molecular flexibility index (Phi) is 12.4. The van der Waals surface area contributed by atoms with Crippen molar-refractivity contribution in [3.63, 3.8) is 0 Å². The molecule has 3 amide bonds. The van der Waals surface area contributed by atoms with Crippen molar-refractivity contribution in [3.8, 4) is 5.75 Å². The van der Waals surface area contributed by atoms with Gasteiger partial charge in [0, 0.05) is 31.2 Å². The number of carboxylic acids is 1. The van der Waals surface area contributed by atoms with E-state index in [1.54, 1.807) is 42.6 Å². The Balaban J connectivity index is 1.75. The smallest absolute Gasteiger partial charge is 0.326 e. The first-order valence-corrected chi connectivity index (χ1v) is 14.7. The van der Waals surface area contributed by atoms with Gasteiger partial charge in [0.05, 0.1) is 12.4 Å². The molecule has 42 heavy (non-hydrogen) atoms. The van der Waals surface area contributed by atoms with Crippen molar-refractivity contribution in [1.29, 1.82) is 0 Å². The van der Waals surface area contributed by atoms with E-state index >= 15 is 0 Å². The van der Waals surface area contributed by atoms with Crippen LogP contribution in [-0.2, 0) is 38.4 Å². The second-order valence-corrected chi connectivity index (χ2v) is 10.7. The number of benzene rings is 2. The number of hydrogen-bond donors (Lipinski definition) is 7. The molecule has 0 aliphatic heterocycles. The lowest BCUT2D eigenvalue weighted by atomic mass is 10.0. The van der Waals surface area contributed by atoms with Crippen molar-refractivity contribution >= 4 is 35.5 Å². The highest BCUT2D eigenvalue weighted by Gasteiger charge is 2.30. The number of phenols is 1. The number of phenolic OH excluding ortho intramolecular Hbond substituents is 1. The summed E-state index contributed by atoms with van der Waals surface area (Å²) in [6.45, 7) is 0. The second-order valence-electron chi connectivity index (χ2n) is 9.75. The molecule has 1 heterocycles. The molecular weight excluding hydrogens is 560 g/mol. The number of hydrogen-bond acceptors (Lipinski definition) is 8. The molecule has 4 atom stereocenters. The fourth-order valence-corrected chi connectivity index (χ4v) is 4.65. The maximum atomic E-state index is 13.5. The molecule has 0 aliphatic carbocycles. The van der Waals surface area contributed by atoms with Gasteiger partial charge in [0.2, 0.25) is 17.7 Å². The lowest BCUT2D eigenvalue weighted by molar-refractivity contribution is -0.142. The third kappa shape index (κ3) is 10.2. The van der Waals surface area contributed by atoms with Gasteiger partial charge in [-0.2, -0.15) is 11.8 Å². The van der Waals surface area contributed by atoms with Gasteiger partial charge in [-0.05, 0) is 41.7 Å². The van der Waals surface area contributed by atoms with Crippen LogP contribution in [0.15, 0.2) is 67.1 Å². The van der Waals surface area contributed by atoms with Gasteiger partial charge < -0.3 is 36.9 Å². The maximum Gasteiger partial charge on any atom is 0.326 e. The van der Waals surface area contributed by atoms with Crippen molar-refractivity contribution in [2.75, 3.05) is 12.0 Å². The third-order valence-corrected chi connectivity index (χ3v) is 7.13. The Morgan fingerprint density at radius 2 is 1.45 bits per heavy atom. The van der Waals surface area contributed by atoms with Crippen LogP contribution in [0, 0.1) is 0 Å². The minimum atomic E-state index is -1.29. The molecule has 0 bridgehead atoms. The van der Waals surface area contributed by atoms with Crippen LogP contribution in [0.25, 0.3) is 0 Å². The van der Waals surface area contributed by atoms with Gasteiger partial charge in [-0.25, -0.2) is 9.78 Å². The van der Waals surface area contributed by atoms with Gasteiger partial charge in [-0.3, -0.25) is 14.4 Å². The Morgan fingerprint density at radius 1 is 0.857 bits per heavy atom. The summed E-state index contributed by atoms with van der Waals surface area (Å²) >= 11 is 1.49. The van der Waals surface area contributed by atoms with Crippen molar-refractivity contribution in [1.82, 2.24) is 25.9 Å². The molecule has 12 nitrogen and oxygen atoms in total. The van der Waals surface area contributed by atoms with E-state index in [-0.39, 0.29) is 31.4 Å². The monoisotopic (exact) mass is 596 g/mol. The number of aromatic amines is 1. The Hall–Kier alpha value is -4.36. The minimum Gasteiger partial charge on any atom is -0.508 e. The molecule has 0 aliphatic rings. The summed E-state index contributed by atoms with van der Waals surface area (Å²) in [4.78, 5) is 58.6. The number of rotatable bonds is 16. The third-order valence-electron chi connectivity index (χ3n) is 6.48. The SMILES string of the molecule is CSCCC(NC(=O)C(N)Cc1cnc[nH]1)C(=O)NC(Cc1ccccc1)C(=O)NC(Cc1ccc(O)cc1)C(=O)O. The first-order valence-electron chi connectivity index (χ1n) is 13.3. The number of H-pyrrole nitrogens is 1. The Labute approximate surface area is 247 Å². The zero-order chi connectivity index (χ0) is 30.5. The molecule has 2 aromatic carbocycles. The first-order chi connectivity index (χ1) is 20.2. The largest absolute Gasteiger partial charge is 0.508 e. The summed E-state index contributed by atoms with van der Waals surface area (Å²) in [6, 6.07) is 10.6. The summed E-state index contributed by atoms with van der Waals surface area (Å²) in [5.41, 5.74) is 8.07. The normalized spacial score (nSPS) is 13.8. The highest BCUT2D eigenvalue weighted by molar-refractivity contribution is 7.98. The van der Waals surface area contributed by atoms with Crippen LogP contribution in [0.1, 0.15) is 23.2 Å². The number of nitrogens with zero attached hydrogens (tertiary/aromatic N) is 1. The Morgan fingerprint density at radius 3 is 2.07 bits per heavy atom. The number of aromatic hydroxyl groups is 1. The number of amides is 3. The van der Waals surface area contributed by atoms with E-state index in [4.69, 9.17) is 5.73 Å². The minimum absolute atomic E-state index is 0.0330. The highest BCUT2D eigenvalue weighted by atomic mass is 32.2. The van der Waals surface area contributed by atoms with Crippen LogP contribution < -0.4 is 21.7 Å². The molecule has 3 aromatic rings. The summed E-state index contributed by atoms with van der Waals surface area (Å²) in [6.07, 6.45) is 5.44. The number of nitrogens with one attached hydrogen (secondary N) is 4. The van der Waals surface area contributed by atoms with Gasteiger partial charge >= 0.3 is 5.97 Å². The molecule has 0 saturated carbocycles. The van der Waals surface area contributed by atoms with Crippen LogP contribution in [0.4, 0.5) is 0 Å². The predicted molar refractivity (Wildman–Crippen MR) is 159 cm³/mol. The van der Waals surface area contributed by atoms with E-state index in [9.17, 15) is 29.4 Å². The average molecular weight is 597 g/mol. The second kappa shape index (κ2) is 16.2. The molecule has 4 unspecified atom stereocenters. The molecule has 0 saturated heterocycles. The van der Waals surface area contributed by atoms with Crippen molar-refractivity contribution < 1.29 is 29.4 Å². The number of aliphatic carboxylic acids is 1. The molecule has 0 radical (unpaired) electrons. The molecule has 13 heteroatoms. The van der Waals surface area contributed by atoms with E-state index in [1.807, 2.05) is 12.3 Å². The first kappa shape index (κ1) is 32.2. The quantitative estimate of drug-likeness (QED) is 0.125. The van der Waals surface area contributed by atoms with Gasteiger partial charge in [0.25, 0.3) is 0 Å². The molecule has 0 spiro atoms. The van der Waals surface area contributed by atoms with Gasteiger partial charge in [0.15, 0.2) is 0 Å². The number of imidazole rings is 1. The number of thioether (sulfide) groups is 1. The number of carbonyl (C=O) groups is 4. The Bertz CT molecular complexity index is 1310. The van der Waals surface area contributed by atoms with Crippen molar-refractivity contribution in [2.24, 2.45) is 5.73 Å². The van der Waals surface area contributed by atoms with Crippen LogP contribution >= 0.6 is 11.8 Å². The number of carbonyl (C=O) groups excluding carboxylic acids is 3. The zero-order valence-corrected chi connectivity index (χ0v) is 24.0. The fraction of sp³-hybridized carbons (Fsp3) is 0.345. The molecule has 8 N–H and O–H groups in total. The summed E-state index contributed by atoms with van der Waals surface area (Å²) in [5.74, 6) is -2.48. The summed E-state index contributed by atoms with van der Waals surface area (Å²) < 4.78 is 0. The molecule has 0 fully saturated rings. The molecule has 224 valence electrons. The van der Waals surface area contributed by atoms with Crippen molar-refractivity contribution in [3.05, 3.63) is 83.9 Å². The lowest BCUT2D eigenvalue weighted by Crippen LogP contribution is -2.58. The molecular formula is C29H36N6O6S. The fourth-order valence-electron chi connectivity index (χ4n) is 4.18. The summed E-state index contributed by atoms with van der Waals surface area (Å²) in [5, 5.41) is 27.3. The average Bonchev–Trinajstić information content (AvgIpc) is 3.49. The van der Waals surface area contributed by atoms with E-state index < -0.39 is 47.9 Å². The van der Waals surface area contributed by atoms with Crippen LogP contribution in [0.5, 0.6) is 5.75 Å². The molecule has 3 rings (SSSR count).